The molecule has 0 fully saturated rings. The van der Waals surface area contributed by atoms with Crippen LogP contribution in [0.3, 0.4) is 0 Å². The zero-order valence-corrected chi connectivity index (χ0v) is 17.5. The van der Waals surface area contributed by atoms with Crippen molar-refractivity contribution < 1.29 is 18.8 Å². The molecule has 0 saturated heterocycles. The zero-order chi connectivity index (χ0) is 20.7. The number of anilines is 1. The first-order valence-electron chi connectivity index (χ1n) is 9.50. The summed E-state index contributed by atoms with van der Waals surface area (Å²) in [6.45, 7) is 4.35. The van der Waals surface area contributed by atoms with Gasteiger partial charge in [-0.15, -0.1) is 0 Å². The second-order valence-electron chi connectivity index (χ2n) is 7.24. The van der Waals surface area contributed by atoms with E-state index in [0.29, 0.717) is 19.6 Å². The van der Waals surface area contributed by atoms with Gasteiger partial charge in [-0.3, -0.25) is 4.79 Å². The fourth-order valence-corrected chi connectivity index (χ4v) is 3.03. The molecule has 2 aromatic rings. The number of nitrogens with one attached hydrogen (secondary N) is 1. The van der Waals surface area contributed by atoms with Crippen molar-refractivity contribution in [3.8, 4) is 5.75 Å². The largest absolute Gasteiger partial charge is 0.494 e. The van der Waals surface area contributed by atoms with Crippen LogP contribution in [-0.2, 0) is 17.9 Å². The van der Waals surface area contributed by atoms with Gasteiger partial charge in [-0.25, -0.2) is 4.39 Å². The van der Waals surface area contributed by atoms with Gasteiger partial charge in [0, 0.05) is 38.9 Å². The second kappa shape index (κ2) is 10.1. The molecule has 0 radical (unpaired) electrons. The van der Waals surface area contributed by atoms with E-state index in [4.69, 9.17) is 4.74 Å². The lowest BCUT2D eigenvalue weighted by Gasteiger charge is -2.22. The molecule has 0 aliphatic rings. The van der Waals surface area contributed by atoms with E-state index in [1.807, 2.05) is 51.2 Å². The number of methoxy groups -OCH3 is 1. The highest BCUT2D eigenvalue weighted by molar-refractivity contribution is 5.76. The summed E-state index contributed by atoms with van der Waals surface area (Å²) in [4.78, 5) is 17.5. The van der Waals surface area contributed by atoms with Crippen molar-refractivity contribution in [2.24, 2.45) is 0 Å². The molecule has 0 aromatic heterocycles. The van der Waals surface area contributed by atoms with Gasteiger partial charge >= 0.3 is 0 Å². The molecule has 0 aliphatic heterocycles. The average molecular weight is 389 g/mol. The summed E-state index contributed by atoms with van der Waals surface area (Å²) in [5.74, 6) is -0.0690. The second-order valence-corrected chi connectivity index (χ2v) is 7.24. The predicted octanol–water partition coefficient (Wildman–Crippen LogP) is 1.96. The summed E-state index contributed by atoms with van der Waals surface area (Å²) < 4.78 is 18.9. The van der Waals surface area contributed by atoms with E-state index >= 15 is 0 Å². The number of hydrogen-bond donors (Lipinski definition) is 1. The minimum atomic E-state index is -0.375. The number of hydrogen-bond acceptors (Lipinski definition) is 3. The Hall–Kier alpha value is -2.60. The van der Waals surface area contributed by atoms with Crippen molar-refractivity contribution in [2.75, 3.05) is 46.2 Å². The van der Waals surface area contributed by atoms with Crippen LogP contribution >= 0.6 is 0 Å². The maximum absolute atomic E-state index is 13.9. The van der Waals surface area contributed by atoms with Gasteiger partial charge in [-0.2, -0.15) is 0 Å². The Labute approximate surface area is 167 Å². The summed E-state index contributed by atoms with van der Waals surface area (Å²) in [5, 5.41) is 0. The lowest BCUT2D eigenvalue weighted by Crippen LogP contribution is -3.11. The molecule has 28 heavy (non-hydrogen) atoms. The first-order valence-corrected chi connectivity index (χ1v) is 9.50. The number of amides is 1. The molecule has 0 spiro atoms. The van der Waals surface area contributed by atoms with Gasteiger partial charge in [-0.05, 0) is 42.8 Å². The molecule has 5 nitrogen and oxygen atoms in total. The monoisotopic (exact) mass is 388 g/mol. The third kappa shape index (κ3) is 5.96. The molecular formula is C22H31FN3O2+. The number of nitrogens with zero attached hydrogens (tertiary/aromatic N) is 2. The molecule has 0 saturated carbocycles. The van der Waals surface area contributed by atoms with Gasteiger partial charge in [0.25, 0.3) is 5.91 Å². The third-order valence-electron chi connectivity index (χ3n) is 4.87. The van der Waals surface area contributed by atoms with Gasteiger partial charge in [0.15, 0.2) is 18.1 Å². The molecule has 1 N–H and O–H groups in total. The van der Waals surface area contributed by atoms with E-state index < -0.39 is 0 Å². The summed E-state index contributed by atoms with van der Waals surface area (Å²) in [5.41, 5.74) is 3.08. The molecule has 2 rings (SSSR count). The number of benzene rings is 2. The first kappa shape index (κ1) is 21.7. The number of ether oxygens (including phenoxy) is 1. The Morgan fingerprint density at radius 2 is 1.71 bits per heavy atom. The molecule has 1 unspecified atom stereocenters. The van der Waals surface area contributed by atoms with Crippen LogP contribution in [0.2, 0.25) is 0 Å². The average Bonchev–Trinajstić information content (AvgIpc) is 2.67. The highest BCUT2D eigenvalue weighted by Gasteiger charge is 2.18. The lowest BCUT2D eigenvalue weighted by atomic mass is 10.2. The quantitative estimate of drug-likeness (QED) is 0.714. The topological polar surface area (TPSA) is 37.2 Å². The normalized spacial score (nSPS) is 11.8. The van der Waals surface area contributed by atoms with Crippen LogP contribution < -0.4 is 14.5 Å². The van der Waals surface area contributed by atoms with Gasteiger partial charge in [0.05, 0.1) is 13.7 Å². The summed E-state index contributed by atoms with van der Waals surface area (Å²) >= 11 is 0. The van der Waals surface area contributed by atoms with E-state index in [1.54, 1.807) is 11.0 Å². The number of carbonyl (C=O) groups is 1. The summed E-state index contributed by atoms with van der Waals surface area (Å²) in [6.07, 6.45) is 0. The number of likely N-dealkylation sites (N-methyl/N-ethyl adjacent to an activating group) is 2. The Morgan fingerprint density at radius 3 is 2.25 bits per heavy atom. The Morgan fingerprint density at radius 1 is 1.07 bits per heavy atom. The standard InChI is InChI=1S/C22H30FN3O2/c1-6-26(15-18-9-12-21(28-5)20(23)13-18)16-22(27)25(4)14-17-7-10-19(11-8-17)24(2)3/h7-13H,6,14-16H2,1-5H3/p+1. The van der Waals surface area contributed by atoms with Crippen LogP contribution in [-0.4, -0.2) is 52.1 Å². The molecule has 0 heterocycles. The van der Waals surface area contributed by atoms with E-state index in [2.05, 4.69) is 12.1 Å². The summed E-state index contributed by atoms with van der Waals surface area (Å²) in [7, 11) is 7.27. The molecule has 152 valence electrons. The SMILES string of the molecule is CC[NH+](CC(=O)N(C)Cc1ccc(N(C)C)cc1)Cc1ccc(OC)c(F)c1. The van der Waals surface area contributed by atoms with Crippen LogP contribution in [0.5, 0.6) is 5.75 Å². The van der Waals surface area contributed by atoms with Crippen molar-refractivity contribution in [1.82, 2.24) is 4.90 Å². The molecule has 1 amide bonds. The van der Waals surface area contributed by atoms with Crippen LogP contribution in [0.15, 0.2) is 42.5 Å². The highest BCUT2D eigenvalue weighted by atomic mass is 19.1. The number of halogens is 1. The van der Waals surface area contributed by atoms with E-state index in [0.717, 1.165) is 28.3 Å². The third-order valence-corrected chi connectivity index (χ3v) is 4.87. The Bertz CT molecular complexity index is 778. The highest BCUT2D eigenvalue weighted by Crippen LogP contribution is 2.17. The van der Waals surface area contributed by atoms with Gasteiger partial charge < -0.3 is 19.4 Å². The number of carbonyl (C=O) groups excluding carboxylic acids is 1. The van der Waals surface area contributed by atoms with Gasteiger partial charge in [0.1, 0.15) is 6.54 Å². The van der Waals surface area contributed by atoms with Crippen molar-refractivity contribution in [2.45, 2.75) is 20.0 Å². The minimum Gasteiger partial charge on any atom is -0.494 e. The number of rotatable bonds is 9. The number of quaternary nitrogens is 1. The fourth-order valence-electron chi connectivity index (χ4n) is 3.03. The predicted molar refractivity (Wildman–Crippen MR) is 110 cm³/mol. The first-order chi connectivity index (χ1) is 13.3. The maximum Gasteiger partial charge on any atom is 0.277 e. The molecular weight excluding hydrogens is 357 g/mol. The smallest absolute Gasteiger partial charge is 0.277 e. The van der Waals surface area contributed by atoms with Crippen LogP contribution in [0.1, 0.15) is 18.1 Å². The molecule has 0 bridgehead atoms. The summed E-state index contributed by atoms with van der Waals surface area (Å²) in [6, 6.07) is 13.1. The maximum atomic E-state index is 13.9. The Balaban J connectivity index is 1.94. The fraction of sp³-hybridized carbons (Fsp3) is 0.409. The molecule has 6 heteroatoms. The van der Waals surface area contributed by atoms with E-state index in [1.165, 1.54) is 13.2 Å². The van der Waals surface area contributed by atoms with Crippen LogP contribution in [0.4, 0.5) is 10.1 Å². The van der Waals surface area contributed by atoms with Crippen molar-refractivity contribution >= 4 is 11.6 Å². The van der Waals surface area contributed by atoms with E-state index in [9.17, 15) is 9.18 Å². The van der Waals surface area contributed by atoms with Gasteiger partial charge in [-0.1, -0.05) is 12.1 Å². The van der Waals surface area contributed by atoms with Crippen LogP contribution in [0.25, 0.3) is 0 Å². The van der Waals surface area contributed by atoms with Crippen LogP contribution in [0, 0.1) is 5.82 Å². The lowest BCUT2D eigenvalue weighted by molar-refractivity contribution is -0.904. The van der Waals surface area contributed by atoms with Crippen molar-refractivity contribution in [3.05, 3.63) is 59.4 Å². The Kier molecular flexibility index (Phi) is 7.81. The van der Waals surface area contributed by atoms with E-state index in [-0.39, 0.29) is 17.5 Å². The molecule has 2 aromatic carbocycles. The minimum absolute atomic E-state index is 0.0718. The van der Waals surface area contributed by atoms with Crippen molar-refractivity contribution in [1.29, 1.82) is 0 Å². The van der Waals surface area contributed by atoms with Gasteiger partial charge in [0.2, 0.25) is 0 Å². The molecule has 1 atom stereocenters. The van der Waals surface area contributed by atoms with Crippen molar-refractivity contribution in [3.63, 3.8) is 0 Å². The zero-order valence-electron chi connectivity index (χ0n) is 17.5. The molecule has 0 aliphatic carbocycles.